The van der Waals surface area contributed by atoms with Gasteiger partial charge in [0, 0.05) is 45.0 Å². The fourth-order valence-corrected chi connectivity index (χ4v) is 4.57. The molecule has 2 fully saturated rings. The number of amides is 2. The number of piperidine rings is 1. The number of nitrogens with zero attached hydrogens (tertiary/aromatic N) is 4. The molecule has 0 atom stereocenters. The average molecular weight is 418 g/mol. The molecule has 7 nitrogen and oxygen atoms in total. The van der Waals surface area contributed by atoms with Gasteiger partial charge in [-0.2, -0.15) is 5.26 Å². The maximum atomic E-state index is 13.0. The quantitative estimate of drug-likeness (QED) is 0.828. The second kappa shape index (κ2) is 8.68. The lowest BCUT2D eigenvalue weighted by molar-refractivity contribution is -0.145. The van der Waals surface area contributed by atoms with Gasteiger partial charge in [-0.15, -0.1) is 0 Å². The number of hydrogen-bond donors (Lipinski definition) is 1. The van der Waals surface area contributed by atoms with Gasteiger partial charge in [0.05, 0.1) is 17.0 Å². The van der Waals surface area contributed by atoms with E-state index < -0.39 is 11.4 Å². The first-order valence-electron chi connectivity index (χ1n) is 10.6. The predicted molar refractivity (Wildman–Crippen MR) is 117 cm³/mol. The molecule has 0 unspecified atom stereocenters. The first-order chi connectivity index (χ1) is 15.0. The van der Waals surface area contributed by atoms with Gasteiger partial charge in [-0.1, -0.05) is 30.3 Å². The van der Waals surface area contributed by atoms with E-state index in [0.29, 0.717) is 44.6 Å². The fourth-order valence-electron chi connectivity index (χ4n) is 4.57. The van der Waals surface area contributed by atoms with E-state index in [1.165, 1.54) is 0 Å². The van der Waals surface area contributed by atoms with Gasteiger partial charge in [-0.05, 0) is 42.7 Å². The van der Waals surface area contributed by atoms with Crippen molar-refractivity contribution in [3.63, 3.8) is 0 Å². The monoisotopic (exact) mass is 418 g/mol. The Kier molecular flexibility index (Phi) is 5.81. The van der Waals surface area contributed by atoms with Gasteiger partial charge in [0.1, 0.15) is 0 Å². The largest absolute Gasteiger partial charge is 0.481 e. The lowest BCUT2D eigenvalue weighted by Gasteiger charge is -2.43. The molecule has 2 saturated heterocycles. The van der Waals surface area contributed by atoms with Gasteiger partial charge in [-0.3, -0.25) is 4.79 Å². The summed E-state index contributed by atoms with van der Waals surface area (Å²) in [6, 6.07) is 19.0. The van der Waals surface area contributed by atoms with Crippen LogP contribution in [0.25, 0.3) is 0 Å². The zero-order valence-corrected chi connectivity index (χ0v) is 17.4. The third kappa shape index (κ3) is 4.06. The minimum Gasteiger partial charge on any atom is -0.481 e. The Morgan fingerprint density at radius 3 is 1.97 bits per heavy atom. The molecule has 2 heterocycles. The zero-order chi connectivity index (χ0) is 21.8. The van der Waals surface area contributed by atoms with Crippen LogP contribution in [0.1, 0.15) is 24.0 Å². The molecule has 2 aliphatic heterocycles. The SMILES string of the molecule is N#Cc1ccc(N2CCN(C(=O)N3CCC(C(=O)O)(c4ccccc4)CC3)CC2)cc1. The van der Waals surface area contributed by atoms with E-state index in [-0.39, 0.29) is 6.03 Å². The molecular formula is C24H26N4O3. The van der Waals surface area contributed by atoms with Crippen LogP contribution in [0.15, 0.2) is 54.6 Å². The first kappa shape index (κ1) is 20.7. The molecule has 2 aromatic carbocycles. The van der Waals surface area contributed by atoms with E-state index in [4.69, 9.17) is 5.26 Å². The Balaban J connectivity index is 1.35. The number of nitriles is 1. The topological polar surface area (TPSA) is 87.9 Å². The second-order valence-corrected chi connectivity index (χ2v) is 8.16. The summed E-state index contributed by atoms with van der Waals surface area (Å²) < 4.78 is 0. The minimum absolute atomic E-state index is 0.00784. The minimum atomic E-state index is -0.924. The van der Waals surface area contributed by atoms with Crippen molar-refractivity contribution < 1.29 is 14.7 Å². The van der Waals surface area contributed by atoms with Crippen molar-refractivity contribution in [3.8, 4) is 6.07 Å². The average Bonchev–Trinajstić information content (AvgIpc) is 2.84. The number of urea groups is 1. The van der Waals surface area contributed by atoms with E-state index >= 15 is 0 Å². The number of benzene rings is 2. The number of aliphatic carboxylic acids is 1. The van der Waals surface area contributed by atoms with Crippen LogP contribution in [0.3, 0.4) is 0 Å². The van der Waals surface area contributed by atoms with Crippen LogP contribution < -0.4 is 4.90 Å². The number of piperazine rings is 1. The standard InChI is InChI=1S/C24H26N4O3/c25-18-19-6-8-21(9-7-19)26-14-16-28(17-15-26)23(31)27-12-10-24(11-13-27,22(29)30)20-4-2-1-3-5-20/h1-9H,10-17H2,(H,29,30). The molecule has 0 radical (unpaired) electrons. The normalized spacial score (nSPS) is 18.4. The van der Waals surface area contributed by atoms with Crippen LogP contribution in [0.5, 0.6) is 0 Å². The number of carboxylic acids is 1. The van der Waals surface area contributed by atoms with Crippen molar-refractivity contribution in [2.24, 2.45) is 0 Å². The summed E-state index contributed by atoms with van der Waals surface area (Å²) in [6.45, 7) is 3.59. The molecule has 2 aliphatic rings. The first-order valence-corrected chi connectivity index (χ1v) is 10.6. The number of anilines is 1. The number of carbonyl (C=O) groups excluding carboxylic acids is 1. The summed E-state index contributed by atoms with van der Waals surface area (Å²) in [7, 11) is 0. The Labute approximate surface area is 182 Å². The number of hydrogen-bond acceptors (Lipinski definition) is 4. The highest BCUT2D eigenvalue weighted by Crippen LogP contribution is 2.36. The lowest BCUT2D eigenvalue weighted by atomic mass is 9.73. The van der Waals surface area contributed by atoms with E-state index in [0.717, 1.165) is 24.3 Å². The molecule has 0 spiro atoms. The molecule has 0 bridgehead atoms. The Bertz CT molecular complexity index is 968. The van der Waals surface area contributed by atoms with Gasteiger partial charge in [0.15, 0.2) is 0 Å². The summed E-state index contributed by atoms with van der Waals surface area (Å²) >= 11 is 0. The van der Waals surface area contributed by atoms with Crippen LogP contribution in [-0.4, -0.2) is 66.2 Å². The van der Waals surface area contributed by atoms with Gasteiger partial charge in [0.2, 0.25) is 0 Å². The molecule has 0 aliphatic carbocycles. The fraction of sp³-hybridized carbons (Fsp3) is 0.375. The lowest BCUT2D eigenvalue weighted by Crippen LogP contribution is -2.56. The van der Waals surface area contributed by atoms with Crippen LogP contribution in [0.4, 0.5) is 10.5 Å². The van der Waals surface area contributed by atoms with Gasteiger partial charge < -0.3 is 19.8 Å². The highest BCUT2D eigenvalue weighted by molar-refractivity contribution is 5.82. The Morgan fingerprint density at radius 2 is 1.42 bits per heavy atom. The predicted octanol–water partition coefficient (Wildman–Crippen LogP) is 2.92. The van der Waals surface area contributed by atoms with E-state index in [1.54, 1.807) is 4.90 Å². The van der Waals surface area contributed by atoms with Crippen LogP contribution >= 0.6 is 0 Å². The summed E-state index contributed by atoms with van der Waals surface area (Å²) in [4.78, 5) is 31.0. The molecule has 160 valence electrons. The zero-order valence-electron chi connectivity index (χ0n) is 17.4. The van der Waals surface area contributed by atoms with Crippen molar-refractivity contribution in [3.05, 3.63) is 65.7 Å². The molecule has 2 aromatic rings. The summed E-state index contributed by atoms with van der Waals surface area (Å²) in [5.74, 6) is -0.818. The third-order valence-corrected chi connectivity index (χ3v) is 6.54. The van der Waals surface area contributed by atoms with Crippen molar-refractivity contribution in [1.82, 2.24) is 9.80 Å². The number of carboxylic acid groups (broad SMARTS) is 1. The Hall–Kier alpha value is -3.53. The summed E-state index contributed by atoms with van der Waals surface area (Å²) in [6.07, 6.45) is 0.840. The Morgan fingerprint density at radius 1 is 0.839 bits per heavy atom. The molecule has 2 amide bonds. The molecular weight excluding hydrogens is 392 g/mol. The summed E-state index contributed by atoms with van der Waals surface area (Å²) in [5, 5.41) is 18.9. The maximum Gasteiger partial charge on any atom is 0.320 e. The van der Waals surface area contributed by atoms with Crippen LogP contribution in [-0.2, 0) is 10.2 Å². The van der Waals surface area contributed by atoms with Crippen LogP contribution in [0.2, 0.25) is 0 Å². The number of likely N-dealkylation sites (tertiary alicyclic amines) is 1. The summed E-state index contributed by atoms with van der Waals surface area (Å²) in [5.41, 5.74) is 1.58. The van der Waals surface area contributed by atoms with Gasteiger partial charge in [-0.25, -0.2) is 4.79 Å². The molecule has 4 rings (SSSR count). The highest BCUT2D eigenvalue weighted by Gasteiger charge is 2.44. The van der Waals surface area contributed by atoms with Crippen molar-refractivity contribution in [2.45, 2.75) is 18.3 Å². The smallest absolute Gasteiger partial charge is 0.320 e. The number of carbonyl (C=O) groups is 2. The number of rotatable bonds is 3. The van der Waals surface area contributed by atoms with Crippen molar-refractivity contribution in [1.29, 1.82) is 5.26 Å². The molecule has 7 heteroatoms. The van der Waals surface area contributed by atoms with E-state index in [9.17, 15) is 14.7 Å². The third-order valence-electron chi connectivity index (χ3n) is 6.54. The van der Waals surface area contributed by atoms with E-state index in [1.807, 2.05) is 59.5 Å². The molecule has 1 N–H and O–H groups in total. The van der Waals surface area contributed by atoms with Crippen molar-refractivity contribution >= 4 is 17.7 Å². The van der Waals surface area contributed by atoms with Gasteiger partial charge in [0.25, 0.3) is 0 Å². The van der Waals surface area contributed by atoms with Gasteiger partial charge >= 0.3 is 12.0 Å². The van der Waals surface area contributed by atoms with Crippen LogP contribution in [0, 0.1) is 11.3 Å². The maximum absolute atomic E-state index is 13.0. The second-order valence-electron chi connectivity index (χ2n) is 8.16. The highest BCUT2D eigenvalue weighted by atomic mass is 16.4. The van der Waals surface area contributed by atoms with Crippen molar-refractivity contribution in [2.75, 3.05) is 44.2 Å². The molecule has 31 heavy (non-hydrogen) atoms. The molecule has 0 saturated carbocycles. The van der Waals surface area contributed by atoms with E-state index in [2.05, 4.69) is 11.0 Å². The molecule has 0 aromatic heterocycles.